The first-order valence-corrected chi connectivity index (χ1v) is 10.3. The van der Waals surface area contributed by atoms with Crippen molar-refractivity contribution in [1.29, 1.82) is 0 Å². The number of aliphatic hydroxyl groups excluding tert-OH is 2. The van der Waals surface area contributed by atoms with Crippen LogP contribution in [0.4, 0.5) is 0 Å². The number of hydrogen-bond donors (Lipinski definition) is 3. The summed E-state index contributed by atoms with van der Waals surface area (Å²) in [7, 11) is 0. The van der Waals surface area contributed by atoms with E-state index in [1.807, 2.05) is 6.92 Å². The third kappa shape index (κ3) is 30.3. The van der Waals surface area contributed by atoms with Gasteiger partial charge in [-0.2, -0.15) is 0 Å². The number of hydrogen-bond acceptors (Lipinski definition) is 3. The molecule has 0 saturated carbocycles. The number of rotatable bonds is 17. The van der Waals surface area contributed by atoms with E-state index in [1.165, 1.54) is 83.5 Å². The lowest BCUT2D eigenvalue weighted by atomic mass is 10.0. The molecule has 0 amide bonds. The summed E-state index contributed by atoms with van der Waals surface area (Å²) < 4.78 is 0. The molecule has 0 aliphatic heterocycles. The van der Waals surface area contributed by atoms with Gasteiger partial charge in [-0.15, -0.1) is 0 Å². The lowest BCUT2D eigenvalue weighted by Gasteiger charge is -2.02. The fourth-order valence-corrected chi connectivity index (χ4v) is 2.56. The van der Waals surface area contributed by atoms with E-state index in [-0.39, 0.29) is 6.61 Å². The minimum Gasteiger partial charge on any atom is -0.396 e. The lowest BCUT2D eigenvalue weighted by molar-refractivity contribution is 0.282. The van der Waals surface area contributed by atoms with Crippen molar-refractivity contribution >= 4 is 0 Å². The highest BCUT2D eigenvalue weighted by molar-refractivity contribution is 4.48. The van der Waals surface area contributed by atoms with Gasteiger partial charge >= 0.3 is 0 Å². The Balaban J connectivity index is 0. The molecule has 0 fully saturated rings. The molecule has 0 rings (SSSR count). The van der Waals surface area contributed by atoms with Gasteiger partial charge in [0.25, 0.3) is 0 Å². The van der Waals surface area contributed by atoms with Crippen LogP contribution in [0.15, 0.2) is 0 Å². The summed E-state index contributed by atoms with van der Waals surface area (Å²) in [5, 5.41) is 19.7. The van der Waals surface area contributed by atoms with Crippen molar-refractivity contribution in [2.45, 2.75) is 104 Å². The van der Waals surface area contributed by atoms with Crippen molar-refractivity contribution in [3.8, 4) is 0 Å². The smallest absolute Gasteiger partial charge is 0.0555 e. The Hall–Kier alpha value is -0.120. The molecule has 3 heteroatoms. The first-order valence-electron chi connectivity index (χ1n) is 10.3. The molecule has 0 spiro atoms. The fourth-order valence-electron chi connectivity index (χ4n) is 2.56. The molecule has 142 valence electrons. The molecule has 0 aliphatic carbocycles. The highest BCUT2D eigenvalue weighted by Crippen LogP contribution is 2.12. The molecular formula is C20H45NO2. The normalized spacial score (nSPS) is 10.4. The van der Waals surface area contributed by atoms with E-state index in [4.69, 9.17) is 10.2 Å². The average Bonchev–Trinajstić information content (AvgIpc) is 2.58. The van der Waals surface area contributed by atoms with E-state index in [1.54, 1.807) is 0 Å². The molecule has 0 radical (unpaired) electrons. The van der Waals surface area contributed by atoms with Crippen molar-refractivity contribution in [2.75, 3.05) is 26.3 Å². The molecule has 0 unspecified atom stereocenters. The summed E-state index contributed by atoms with van der Waals surface area (Å²) in [6.07, 6.45) is 19.2. The van der Waals surface area contributed by atoms with E-state index in [0.29, 0.717) is 6.61 Å². The van der Waals surface area contributed by atoms with Gasteiger partial charge in [0.1, 0.15) is 0 Å². The monoisotopic (exact) mass is 331 g/mol. The fraction of sp³-hybridized carbons (Fsp3) is 1.00. The van der Waals surface area contributed by atoms with E-state index in [0.717, 1.165) is 19.5 Å². The number of likely N-dealkylation sites (N-methyl/N-ethyl adjacent to an activating group) is 1. The van der Waals surface area contributed by atoms with Crippen molar-refractivity contribution < 1.29 is 10.2 Å². The van der Waals surface area contributed by atoms with Crippen LogP contribution in [-0.4, -0.2) is 36.5 Å². The molecule has 0 aromatic carbocycles. The topological polar surface area (TPSA) is 52.5 Å². The molecule has 0 bridgehead atoms. The summed E-state index contributed by atoms with van der Waals surface area (Å²) in [5.74, 6) is 0. The molecule has 23 heavy (non-hydrogen) atoms. The van der Waals surface area contributed by atoms with Crippen LogP contribution in [0.25, 0.3) is 0 Å². The second-order valence-corrected chi connectivity index (χ2v) is 6.40. The summed E-state index contributed by atoms with van der Waals surface area (Å²) in [4.78, 5) is 0. The Labute approximate surface area is 146 Å². The summed E-state index contributed by atoms with van der Waals surface area (Å²) in [5.41, 5.74) is 0. The van der Waals surface area contributed by atoms with Gasteiger partial charge in [-0.05, 0) is 13.0 Å². The van der Waals surface area contributed by atoms with Gasteiger partial charge in [0.2, 0.25) is 0 Å². The van der Waals surface area contributed by atoms with Gasteiger partial charge in [-0.25, -0.2) is 0 Å². The number of unbranched alkanes of at least 4 members (excludes halogenated alkanes) is 13. The minimum atomic E-state index is 0.244. The van der Waals surface area contributed by atoms with Crippen molar-refractivity contribution in [3.05, 3.63) is 0 Å². The zero-order valence-electron chi connectivity index (χ0n) is 16.1. The molecule has 3 N–H and O–H groups in total. The standard InChI is InChI=1S/C16H34O.C4H11NO/c1-2-3-4-5-6-7-8-9-10-11-12-13-14-15-16-17;1-2-5-3-4-6/h17H,2-16H2,1H3;5-6H,2-4H2,1H3. The molecule has 0 aliphatic rings. The molecule has 3 nitrogen and oxygen atoms in total. The van der Waals surface area contributed by atoms with Crippen molar-refractivity contribution in [2.24, 2.45) is 0 Å². The average molecular weight is 332 g/mol. The quantitative estimate of drug-likeness (QED) is 0.327. The predicted octanol–water partition coefficient (Wildman–Crippen LogP) is 5.05. The van der Waals surface area contributed by atoms with Crippen LogP contribution in [0.5, 0.6) is 0 Å². The van der Waals surface area contributed by atoms with Crippen LogP contribution >= 0.6 is 0 Å². The Morgan fingerprint density at radius 2 is 0.913 bits per heavy atom. The third-order valence-corrected chi connectivity index (χ3v) is 4.05. The maximum atomic E-state index is 8.64. The number of aliphatic hydroxyl groups is 2. The van der Waals surface area contributed by atoms with Crippen LogP contribution in [0.2, 0.25) is 0 Å². The van der Waals surface area contributed by atoms with Crippen LogP contribution in [0, 0.1) is 0 Å². The maximum Gasteiger partial charge on any atom is 0.0555 e. The largest absolute Gasteiger partial charge is 0.396 e. The minimum absolute atomic E-state index is 0.244. The Morgan fingerprint density at radius 1 is 0.522 bits per heavy atom. The van der Waals surface area contributed by atoms with Crippen LogP contribution in [0.3, 0.4) is 0 Å². The van der Waals surface area contributed by atoms with E-state index in [9.17, 15) is 0 Å². The van der Waals surface area contributed by atoms with E-state index >= 15 is 0 Å². The molecular weight excluding hydrogens is 286 g/mol. The molecule has 0 atom stereocenters. The first-order chi connectivity index (χ1) is 11.3. The van der Waals surface area contributed by atoms with Crippen molar-refractivity contribution in [1.82, 2.24) is 5.32 Å². The van der Waals surface area contributed by atoms with Gasteiger partial charge in [0.15, 0.2) is 0 Å². The lowest BCUT2D eigenvalue weighted by Crippen LogP contribution is -2.16. The summed E-state index contributed by atoms with van der Waals surface area (Å²) in [6, 6.07) is 0. The van der Waals surface area contributed by atoms with E-state index in [2.05, 4.69) is 12.2 Å². The van der Waals surface area contributed by atoms with Gasteiger partial charge in [0, 0.05) is 13.2 Å². The third-order valence-electron chi connectivity index (χ3n) is 4.05. The van der Waals surface area contributed by atoms with Gasteiger partial charge in [-0.3, -0.25) is 0 Å². The zero-order chi connectivity index (χ0) is 17.4. The Morgan fingerprint density at radius 3 is 1.17 bits per heavy atom. The molecule has 0 aromatic heterocycles. The van der Waals surface area contributed by atoms with Gasteiger partial charge in [-0.1, -0.05) is 97.3 Å². The highest BCUT2D eigenvalue weighted by atomic mass is 16.3. The van der Waals surface area contributed by atoms with Crippen LogP contribution in [0.1, 0.15) is 104 Å². The zero-order valence-corrected chi connectivity index (χ0v) is 16.1. The second-order valence-electron chi connectivity index (χ2n) is 6.40. The molecule has 0 heterocycles. The Kier molecular flexibility index (Phi) is 29.2. The summed E-state index contributed by atoms with van der Waals surface area (Å²) in [6.45, 7) is 6.57. The van der Waals surface area contributed by atoms with E-state index < -0.39 is 0 Å². The first kappa shape index (κ1) is 25.1. The van der Waals surface area contributed by atoms with Crippen molar-refractivity contribution in [3.63, 3.8) is 0 Å². The van der Waals surface area contributed by atoms with Crippen LogP contribution < -0.4 is 5.32 Å². The molecule has 0 saturated heterocycles. The predicted molar refractivity (Wildman–Crippen MR) is 103 cm³/mol. The summed E-state index contributed by atoms with van der Waals surface area (Å²) >= 11 is 0. The SMILES string of the molecule is CCCCCCCCCCCCCCCCO.CCNCCO. The van der Waals surface area contributed by atoms with Gasteiger partial charge < -0.3 is 15.5 Å². The highest BCUT2D eigenvalue weighted by Gasteiger charge is 1.93. The Bertz CT molecular complexity index is 159. The second kappa shape index (κ2) is 26.8. The van der Waals surface area contributed by atoms with Gasteiger partial charge in [0.05, 0.1) is 6.61 Å². The van der Waals surface area contributed by atoms with Crippen LogP contribution in [-0.2, 0) is 0 Å². The molecule has 0 aromatic rings. The number of nitrogens with one attached hydrogen (secondary N) is 1. The maximum absolute atomic E-state index is 8.64.